The summed E-state index contributed by atoms with van der Waals surface area (Å²) < 4.78 is 34.6. The number of hydrogen-bond acceptors (Lipinski definition) is 7. The highest BCUT2D eigenvalue weighted by atomic mass is 35.5. The number of anilines is 1. The van der Waals surface area contributed by atoms with Crippen molar-refractivity contribution >= 4 is 49.9 Å². The fourth-order valence-electron chi connectivity index (χ4n) is 4.88. The van der Waals surface area contributed by atoms with Gasteiger partial charge in [0.05, 0.1) is 11.2 Å². The lowest BCUT2D eigenvalue weighted by Crippen LogP contribution is -2.46. The number of rotatable bonds is 7. The van der Waals surface area contributed by atoms with Gasteiger partial charge in [-0.05, 0) is 68.1 Å². The molecule has 2 fully saturated rings. The molecule has 38 heavy (non-hydrogen) atoms. The highest BCUT2D eigenvalue weighted by molar-refractivity contribution is 7.92. The van der Waals surface area contributed by atoms with Crippen molar-refractivity contribution in [1.29, 1.82) is 0 Å². The van der Waals surface area contributed by atoms with Gasteiger partial charge in [-0.2, -0.15) is 10.1 Å². The summed E-state index contributed by atoms with van der Waals surface area (Å²) in [4.78, 5) is 11.8. The van der Waals surface area contributed by atoms with Crippen LogP contribution in [0.3, 0.4) is 0 Å². The van der Waals surface area contributed by atoms with Crippen molar-refractivity contribution in [1.82, 2.24) is 25.1 Å². The van der Waals surface area contributed by atoms with E-state index in [1.165, 1.54) is 37.5 Å². The lowest BCUT2D eigenvalue weighted by molar-refractivity contribution is 0.0482. The van der Waals surface area contributed by atoms with E-state index in [9.17, 15) is 8.42 Å². The van der Waals surface area contributed by atoms with Crippen molar-refractivity contribution in [3.05, 3.63) is 58.7 Å². The van der Waals surface area contributed by atoms with Gasteiger partial charge in [0.25, 0.3) is 10.0 Å². The molecule has 198 valence electrons. The summed E-state index contributed by atoms with van der Waals surface area (Å²) in [7, 11) is -3.93. The second-order valence-electron chi connectivity index (χ2n) is 9.68. The van der Waals surface area contributed by atoms with Crippen LogP contribution in [0.4, 0.5) is 5.69 Å². The predicted octanol–water partition coefficient (Wildman–Crippen LogP) is 5.52. The molecule has 1 aliphatic carbocycles. The summed E-state index contributed by atoms with van der Waals surface area (Å²) in [6, 6.07) is 11.8. The molecule has 2 aromatic carbocycles. The van der Waals surface area contributed by atoms with Gasteiger partial charge in [-0.25, -0.2) is 13.4 Å². The molecule has 0 bridgehead atoms. The molecule has 1 saturated carbocycles. The van der Waals surface area contributed by atoms with Gasteiger partial charge in [0, 0.05) is 35.4 Å². The molecule has 0 atom stereocenters. The van der Waals surface area contributed by atoms with E-state index in [-0.39, 0.29) is 21.0 Å². The van der Waals surface area contributed by atoms with E-state index in [1.807, 2.05) is 0 Å². The quantitative estimate of drug-likeness (QED) is 0.299. The Labute approximate surface area is 230 Å². The van der Waals surface area contributed by atoms with Crippen LogP contribution in [0.1, 0.15) is 32.1 Å². The van der Waals surface area contributed by atoms with Crippen LogP contribution in [0.15, 0.2) is 53.6 Å². The molecule has 3 heterocycles. The fraction of sp³-hybridized carbons (Fsp3) is 0.346. The Bertz CT molecular complexity index is 1570. The molecule has 6 rings (SSSR count). The van der Waals surface area contributed by atoms with Crippen molar-refractivity contribution in [2.24, 2.45) is 0 Å². The smallest absolute Gasteiger partial charge is 0.263 e. The van der Waals surface area contributed by atoms with Crippen LogP contribution in [-0.4, -0.2) is 58.7 Å². The Kier molecular flexibility index (Phi) is 6.90. The molecule has 1 aliphatic heterocycles. The number of H-pyrrole nitrogens is 1. The lowest BCUT2D eigenvalue weighted by atomic mass is 9.90. The topological polar surface area (TPSA) is 113 Å². The molecule has 2 aromatic heterocycles. The van der Waals surface area contributed by atoms with Crippen molar-refractivity contribution < 1.29 is 13.2 Å². The third kappa shape index (κ3) is 5.18. The number of halogens is 2. The first-order chi connectivity index (χ1) is 18.4. The van der Waals surface area contributed by atoms with Gasteiger partial charge < -0.3 is 9.64 Å². The number of aromatic amines is 1. The zero-order valence-electron chi connectivity index (χ0n) is 20.4. The van der Waals surface area contributed by atoms with Crippen LogP contribution >= 0.6 is 23.2 Å². The van der Waals surface area contributed by atoms with Crippen molar-refractivity contribution in [3.8, 4) is 17.3 Å². The monoisotopic (exact) mass is 572 g/mol. The van der Waals surface area contributed by atoms with Crippen molar-refractivity contribution in [2.75, 3.05) is 17.8 Å². The summed E-state index contributed by atoms with van der Waals surface area (Å²) in [5.74, 6) is 0.956. The van der Waals surface area contributed by atoms with Gasteiger partial charge >= 0.3 is 0 Å². The summed E-state index contributed by atoms with van der Waals surface area (Å²) in [5.41, 5.74) is 1.65. The molecule has 0 spiro atoms. The molecule has 0 amide bonds. The Morgan fingerprint density at radius 3 is 2.47 bits per heavy atom. The number of benzene rings is 2. The van der Waals surface area contributed by atoms with Crippen LogP contribution in [0.25, 0.3) is 22.4 Å². The second-order valence-corrected chi connectivity index (χ2v) is 12.2. The first kappa shape index (κ1) is 25.4. The maximum absolute atomic E-state index is 12.8. The van der Waals surface area contributed by atoms with Gasteiger partial charge in [0.1, 0.15) is 16.4 Å². The Morgan fingerprint density at radius 1 is 1.00 bits per heavy atom. The molecule has 0 radical (unpaired) electrons. The van der Waals surface area contributed by atoms with Crippen LogP contribution < -0.4 is 9.46 Å². The zero-order chi connectivity index (χ0) is 26.3. The highest BCUT2D eigenvalue weighted by Gasteiger charge is 2.30. The molecule has 4 aromatic rings. The molecule has 0 unspecified atom stereocenters. The average molecular weight is 574 g/mol. The van der Waals surface area contributed by atoms with E-state index in [2.05, 4.69) is 24.8 Å². The Hall–Kier alpha value is -2.92. The number of nitrogens with zero attached hydrogens (tertiary/aromatic N) is 4. The minimum absolute atomic E-state index is 0.0843. The predicted molar refractivity (Wildman–Crippen MR) is 147 cm³/mol. The van der Waals surface area contributed by atoms with Gasteiger partial charge in [-0.1, -0.05) is 29.6 Å². The van der Waals surface area contributed by atoms with Crippen LogP contribution in [-0.2, 0) is 10.0 Å². The van der Waals surface area contributed by atoms with E-state index in [4.69, 9.17) is 32.9 Å². The van der Waals surface area contributed by atoms with Gasteiger partial charge in [0.2, 0.25) is 5.88 Å². The van der Waals surface area contributed by atoms with Crippen molar-refractivity contribution in [2.45, 2.75) is 49.1 Å². The standard InChI is InChI=1S/C26H26Cl2N6O3S/c27-17-6-9-22(28)23(14-17)38(35,36)33-18-7-4-16(5-8-18)24-30-25-21(15-29-32-25)26(31-24)37-20-10-12-34(13-11-20)19-2-1-3-19/h4-9,14-15,19-20,33H,1-3,10-13H2,(H,29,30,31,32). The molecule has 2 N–H and O–H groups in total. The number of sulfonamides is 1. The summed E-state index contributed by atoms with van der Waals surface area (Å²) in [6.07, 6.45) is 7.64. The maximum atomic E-state index is 12.8. The second kappa shape index (κ2) is 10.3. The number of likely N-dealkylation sites (tertiary alicyclic amines) is 1. The van der Waals surface area contributed by atoms with Crippen molar-refractivity contribution in [3.63, 3.8) is 0 Å². The Morgan fingerprint density at radius 2 is 1.76 bits per heavy atom. The molecular formula is C26H26Cl2N6O3S. The third-order valence-electron chi connectivity index (χ3n) is 7.20. The molecule has 9 nitrogen and oxygen atoms in total. The number of hydrogen-bond donors (Lipinski definition) is 2. The summed E-state index contributed by atoms with van der Waals surface area (Å²) in [6.45, 7) is 2.08. The van der Waals surface area contributed by atoms with E-state index in [0.717, 1.165) is 37.4 Å². The van der Waals surface area contributed by atoms with E-state index >= 15 is 0 Å². The van der Waals surface area contributed by atoms with Crippen LogP contribution in [0.5, 0.6) is 5.88 Å². The Balaban J connectivity index is 1.20. The van der Waals surface area contributed by atoms with E-state index in [1.54, 1.807) is 30.5 Å². The average Bonchev–Trinajstić information content (AvgIpc) is 3.35. The summed E-state index contributed by atoms with van der Waals surface area (Å²) in [5, 5.41) is 8.13. The molecule has 12 heteroatoms. The first-order valence-corrected chi connectivity index (χ1v) is 14.8. The highest BCUT2D eigenvalue weighted by Crippen LogP contribution is 2.32. The number of fused-ring (bicyclic) bond motifs is 1. The number of aromatic nitrogens is 4. The maximum Gasteiger partial charge on any atom is 0.263 e. The van der Waals surface area contributed by atoms with Gasteiger partial charge in [0.15, 0.2) is 11.5 Å². The SMILES string of the molecule is O=S(=O)(Nc1ccc(-c2nc(OC3CCN(C4CCC4)CC3)c3cn[nH]c3n2)cc1)c1cc(Cl)ccc1Cl. The number of ether oxygens (including phenoxy) is 1. The van der Waals surface area contributed by atoms with E-state index in [0.29, 0.717) is 28.6 Å². The zero-order valence-corrected chi connectivity index (χ0v) is 22.7. The molecule has 1 saturated heterocycles. The normalized spacial score (nSPS) is 17.4. The summed E-state index contributed by atoms with van der Waals surface area (Å²) >= 11 is 12.1. The number of nitrogens with one attached hydrogen (secondary N) is 2. The molecular weight excluding hydrogens is 547 g/mol. The van der Waals surface area contributed by atoms with Gasteiger partial charge in [-0.3, -0.25) is 9.82 Å². The minimum Gasteiger partial charge on any atom is -0.474 e. The fourth-order valence-corrected chi connectivity index (χ4v) is 6.70. The number of piperidine rings is 1. The van der Waals surface area contributed by atoms with Crippen LogP contribution in [0, 0.1) is 0 Å². The van der Waals surface area contributed by atoms with E-state index < -0.39 is 10.0 Å². The lowest BCUT2D eigenvalue weighted by Gasteiger charge is -2.41. The third-order valence-corrected chi connectivity index (χ3v) is 9.30. The van der Waals surface area contributed by atoms with Crippen LogP contribution in [0.2, 0.25) is 10.0 Å². The van der Waals surface area contributed by atoms with Gasteiger partial charge in [-0.15, -0.1) is 0 Å². The largest absolute Gasteiger partial charge is 0.474 e. The minimum atomic E-state index is -3.93. The first-order valence-electron chi connectivity index (χ1n) is 12.6. The molecule has 2 aliphatic rings.